The SMILES string of the molecule is CC(=O)Oc1ccc(N2Cc3ccc(C(C)=O)cc3C2)cc1. The third-order valence-corrected chi connectivity index (χ3v) is 3.80. The van der Waals surface area contributed by atoms with E-state index in [0.717, 1.165) is 24.3 Å². The van der Waals surface area contributed by atoms with Crippen molar-refractivity contribution in [3.63, 3.8) is 0 Å². The van der Waals surface area contributed by atoms with Gasteiger partial charge in [-0.3, -0.25) is 9.59 Å². The summed E-state index contributed by atoms with van der Waals surface area (Å²) in [7, 11) is 0. The molecule has 1 aliphatic rings. The third kappa shape index (κ3) is 2.86. The predicted molar refractivity (Wildman–Crippen MR) is 84.1 cm³/mol. The van der Waals surface area contributed by atoms with Crippen LogP contribution in [-0.2, 0) is 17.9 Å². The van der Waals surface area contributed by atoms with Crippen LogP contribution in [0, 0.1) is 0 Å². The minimum Gasteiger partial charge on any atom is -0.427 e. The van der Waals surface area contributed by atoms with E-state index >= 15 is 0 Å². The second kappa shape index (κ2) is 5.64. The molecule has 4 nitrogen and oxygen atoms in total. The zero-order valence-electron chi connectivity index (χ0n) is 12.6. The van der Waals surface area contributed by atoms with Crippen molar-refractivity contribution in [1.29, 1.82) is 0 Å². The first-order valence-electron chi connectivity index (χ1n) is 7.19. The van der Waals surface area contributed by atoms with Gasteiger partial charge in [0.15, 0.2) is 5.78 Å². The van der Waals surface area contributed by atoms with E-state index in [9.17, 15) is 9.59 Å². The molecule has 3 rings (SSSR count). The number of esters is 1. The van der Waals surface area contributed by atoms with Gasteiger partial charge in [0.05, 0.1) is 0 Å². The van der Waals surface area contributed by atoms with E-state index in [4.69, 9.17) is 4.74 Å². The van der Waals surface area contributed by atoms with Gasteiger partial charge in [0, 0.05) is 31.3 Å². The molecule has 0 unspecified atom stereocenters. The standard InChI is InChI=1S/C18H17NO3/c1-12(20)14-3-4-15-10-19(11-16(15)9-14)17-5-7-18(8-6-17)22-13(2)21/h3-9H,10-11H2,1-2H3. The monoisotopic (exact) mass is 295 g/mol. The maximum atomic E-state index is 11.5. The van der Waals surface area contributed by atoms with E-state index in [1.54, 1.807) is 19.1 Å². The number of Topliss-reactive ketones (excluding diaryl/α,β-unsaturated/α-hetero) is 1. The Balaban J connectivity index is 1.77. The van der Waals surface area contributed by atoms with Crippen molar-refractivity contribution in [2.24, 2.45) is 0 Å². The van der Waals surface area contributed by atoms with Crippen LogP contribution in [0.25, 0.3) is 0 Å². The predicted octanol–water partition coefficient (Wildman–Crippen LogP) is 3.33. The van der Waals surface area contributed by atoms with Crippen LogP contribution >= 0.6 is 0 Å². The lowest BCUT2D eigenvalue weighted by Crippen LogP contribution is -2.14. The van der Waals surface area contributed by atoms with Crippen LogP contribution in [0.15, 0.2) is 42.5 Å². The van der Waals surface area contributed by atoms with Gasteiger partial charge >= 0.3 is 5.97 Å². The number of rotatable bonds is 3. The molecule has 0 bridgehead atoms. The maximum absolute atomic E-state index is 11.5. The highest BCUT2D eigenvalue weighted by Crippen LogP contribution is 2.30. The third-order valence-electron chi connectivity index (χ3n) is 3.80. The molecule has 0 amide bonds. The van der Waals surface area contributed by atoms with E-state index < -0.39 is 0 Å². The Morgan fingerprint density at radius 2 is 1.64 bits per heavy atom. The van der Waals surface area contributed by atoms with Gasteiger partial charge in [-0.15, -0.1) is 0 Å². The largest absolute Gasteiger partial charge is 0.427 e. The van der Waals surface area contributed by atoms with Crippen molar-refractivity contribution in [3.8, 4) is 5.75 Å². The fourth-order valence-electron chi connectivity index (χ4n) is 2.69. The number of hydrogen-bond donors (Lipinski definition) is 0. The first kappa shape index (κ1) is 14.3. The Hall–Kier alpha value is -2.62. The van der Waals surface area contributed by atoms with E-state index in [1.807, 2.05) is 30.3 Å². The molecule has 4 heteroatoms. The zero-order chi connectivity index (χ0) is 15.7. The summed E-state index contributed by atoms with van der Waals surface area (Å²) in [5, 5.41) is 0. The lowest BCUT2D eigenvalue weighted by Gasteiger charge is -2.17. The fraction of sp³-hybridized carbons (Fsp3) is 0.222. The van der Waals surface area contributed by atoms with Crippen LogP contribution in [0.5, 0.6) is 5.75 Å². The van der Waals surface area contributed by atoms with Crippen molar-refractivity contribution in [2.45, 2.75) is 26.9 Å². The molecule has 0 saturated heterocycles. The zero-order valence-corrected chi connectivity index (χ0v) is 12.6. The number of carbonyl (C=O) groups excluding carboxylic acids is 2. The van der Waals surface area contributed by atoms with Gasteiger partial charge in [0.2, 0.25) is 0 Å². The summed E-state index contributed by atoms with van der Waals surface area (Å²) < 4.78 is 5.04. The van der Waals surface area contributed by atoms with Crippen LogP contribution in [0.2, 0.25) is 0 Å². The first-order valence-corrected chi connectivity index (χ1v) is 7.19. The maximum Gasteiger partial charge on any atom is 0.308 e. The van der Waals surface area contributed by atoms with Gasteiger partial charge in [-0.1, -0.05) is 12.1 Å². The average Bonchev–Trinajstić information content (AvgIpc) is 2.90. The molecule has 1 aliphatic heterocycles. The molecule has 0 radical (unpaired) electrons. The molecule has 112 valence electrons. The van der Waals surface area contributed by atoms with Crippen molar-refractivity contribution < 1.29 is 14.3 Å². The lowest BCUT2D eigenvalue weighted by atomic mass is 10.0. The minimum atomic E-state index is -0.321. The van der Waals surface area contributed by atoms with Crippen molar-refractivity contribution in [1.82, 2.24) is 0 Å². The van der Waals surface area contributed by atoms with Crippen LogP contribution in [0.3, 0.4) is 0 Å². The highest BCUT2D eigenvalue weighted by atomic mass is 16.5. The molecule has 1 heterocycles. The van der Waals surface area contributed by atoms with Crippen molar-refractivity contribution in [3.05, 3.63) is 59.2 Å². The molecule has 2 aromatic carbocycles. The summed E-state index contributed by atoms with van der Waals surface area (Å²) in [5.74, 6) is 0.317. The van der Waals surface area contributed by atoms with E-state index in [1.165, 1.54) is 18.1 Å². The van der Waals surface area contributed by atoms with Gasteiger partial charge in [-0.05, 0) is 48.4 Å². The first-order chi connectivity index (χ1) is 10.5. The Bertz CT molecular complexity index is 734. The minimum absolute atomic E-state index is 0.0898. The normalized spacial score (nSPS) is 12.9. The molecule has 0 aliphatic carbocycles. The van der Waals surface area contributed by atoms with E-state index in [2.05, 4.69) is 4.90 Å². The Labute approximate surface area is 129 Å². The molecule has 0 saturated carbocycles. The summed E-state index contributed by atoms with van der Waals surface area (Å²) >= 11 is 0. The summed E-state index contributed by atoms with van der Waals surface area (Å²) in [4.78, 5) is 24.6. The molecule has 0 aromatic heterocycles. The molecule has 0 N–H and O–H groups in total. The van der Waals surface area contributed by atoms with Gasteiger partial charge in [0.25, 0.3) is 0 Å². The summed E-state index contributed by atoms with van der Waals surface area (Å²) in [6, 6.07) is 13.4. The number of ketones is 1. The smallest absolute Gasteiger partial charge is 0.308 e. The Morgan fingerprint density at radius 3 is 2.27 bits per heavy atom. The Kier molecular flexibility index (Phi) is 3.67. The second-order valence-electron chi connectivity index (χ2n) is 5.48. The number of hydrogen-bond acceptors (Lipinski definition) is 4. The molecule has 0 spiro atoms. The molecular formula is C18H17NO3. The fourth-order valence-corrected chi connectivity index (χ4v) is 2.69. The van der Waals surface area contributed by atoms with Crippen LogP contribution in [-0.4, -0.2) is 11.8 Å². The number of anilines is 1. The lowest BCUT2D eigenvalue weighted by molar-refractivity contribution is -0.131. The van der Waals surface area contributed by atoms with E-state index in [0.29, 0.717) is 5.75 Å². The van der Waals surface area contributed by atoms with Gasteiger partial charge in [-0.2, -0.15) is 0 Å². The number of carbonyl (C=O) groups is 2. The average molecular weight is 295 g/mol. The Morgan fingerprint density at radius 1 is 0.955 bits per heavy atom. The second-order valence-corrected chi connectivity index (χ2v) is 5.48. The highest BCUT2D eigenvalue weighted by Gasteiger charge is 2.20. The number of fused-ring (bicyclic) bond motifs is 1. The quantitative estimate of drug-likeness (QED) is 0.495. The van der Waals surface area contributed by atoms with Crippen molar-refractivity contribution >= 4 is 17.4 Å². The number of benzene rings is 2. The van der Waals surface area contributed by atoms with Gasteiger partial charge < -0.3 is 9.64 Å². The van der Waals surface area contributed by atoms with Gasteiger partial charge in [-0.25, -0.2) is 0 Å². The molecule has 2 aromatic rings. The van der Waals surface area contributed by atoms with Crippen LogP contribution in [0.1, 0.15) is 35.3 Å². The molecule has 0 atom stereocenters. The van der Waals surface area contributed by atoms with Gasteiger partial charge in [0.1, 0.15) is 5.75 Å². The van der Waals surface area contributed by atoms with Crippen LogP contribution in [0.4, 0.5) is 5.69 Å². The summed E-state index contributed by atoms with van der Waals surface area (Å²) in [6.07, 6.45) is 0. The highest BCUT2D eigenvalue weighted by molar-refractivity contribution is 5.94. The summed E-state index contributed by atoms with van der Waals surface area (Å²) in [6.45, 7) is 4.57. The van der Waals surface area contributed by atoms with E-state index in [-0.39, 0.29) is 11.8 Å². The van der Waals surface area contributed by atoms with Crippen LogP contribution < -0.4 is 9.64 Å². The molecular weight excluding hydrogens is 278 g/mol. The molecule has 22 heavy (non-hydrogen) atoms. The van der Waals surface area contributed by atoms with Crippen molar-refractivity contribution in [2.75, 3.05) is 4.90 Å². The topological polar surface area (TPSA) is 46.6 Å². The summed E-state index contributed by atoms with van der Waals surface area (Å²) in [5.41, 5.74) is 4.26. The number of ether oxygens (including phenoxy) is 1. The molecule has 0 fully saturated rings. The number of nitrogens with zero attached hydrogens (tertiary/aromatic N) is 1.